The number of ether oxygens (including phenoxy) is 2. The highest BCUT2D eigenvalue weighted by Gasteiger charge is 2.10. The largest absolute Gasteiger partial charge is 0.378 e. The molecule has 0 aliphatic carbocycles. The van der Waals surface area contributed by atoms with E-state index >= 15 is 0 Å². The summed E-state index contributed by atoms with van der Waals surface area (Å²) >= 11 is 0. The van der Waals surface area contributed by atoms with Gasteiger partial charge in [0.15, 0.2) is 0 Å². The van der Waals surface area contributed by atoms with E-state index in [9.17, 15) is 0 Å². The van der Waals surface area contributed by atoms with Gasteiger partial charge >= 0.3 is 0 Å². The Balaban J connectivity index is 1.78. The minimum atomic E-state index is 0.810. The van der Waals surface area contributed by atoms with Crippen LogP contribution in [0.15, 0.2) is 24.6 Å². The number of nitrogens with zero attached hydrogens (tertiary/aromatic N) is 2. The van der Waals surface area contributed by atoms with E-state index < -0.39 is 0 Å². The lowest BCUT2D eigenvalue weighted by molar-refractivity contribution is 0.0542. The van der Waals surface area contributed by atoms with Gasteiger partial charge in [0.05, 0.1) is 26.4 Å². The van der Waals surface area contributed by atoms with Crippen molar-refractivity contribution in [2.75, 3.05) is 52.6 Å². The second kappa shape index (κ2) is 5.92. The lowest BCUT2D eigenvalue weighted by atomic mass is 10.3. The smallest absolute Gasteiger partial charge is 0.0642 e. The predicted molar refractivity (Wildman–Crippen MR) is 63.1 cm³/mol. The SMILES string of the molecule is C=C(/C=C/N1CCOCC1)N1CCOCC1. The van der Waals surface area contributed by atoms with Crippen LogP contribution in [0.4, 0.5) is 0 Å². The molecule has 2 rings (SSSR count). The standard InChI is InChI=1S/C12H20N2O2/c1-12(14-6-10-16-11-7-14)2-3-13-4-8-15-9-5-13/h2-3H,1,4-11H2/b3-2+. The molecule has 0 N–H and O–H groups in total. The van der Waals surface area contributed by atoms with Crippen LogP contribution in [0.1, 0.15) is 0 Å². The number of hydrogen-bond donors (Lipinski definition) is 0. The van der Waals surface area contributed by atoms with Crippen molar-refractivity contribution in [2.45, 2.75) is 0 Å². The third-order valence-electron chi connectivity index (χ3n) is 2.94. The van der Waals surface area contributed by atoms with E-state index in [-0.39, 0.29) is 0 Å². The van der Waals surface area contributed by atoms with Gasteiger partial charge in [-0.3, -0.25) is 0 Å². The highest BCUT2D eigenvalue weighted by Crippen LogP contribution is 2.08. The Morgan fingerprint density at radius 1 is 0.938 bits per heavy atom. The van der Waals surface area contributed by atoms with Crippen molar-refractivity contribution in [3.8, 4) is 0 Å². The molecule has 0 atom stereocenters. The Morgan fingerprint density at radius 2 is 1.50 bits per heavy atom. The molecule has 0 aromatic heterocycles. The molecular formula is C12H20N2O2. The second-order valence-electron chi connectivity index (χ2n) is 4.05. The minimum absolute atomic E-state index is 0.810. The molecule has 0 bridgehead atoms. The van der Waals surface area contributed by atoms with Gasteiger partial charge in [-0.05, 0) is 6.08 Å². The number of hydrogen-bond acceptors (Lipinski definition) is 4. The van der Waals surface area contributed by atoms with Gasteiger partial charge in [0.2, 0.25) is 0 Å². The summed E-state index contributed by atoms with van der Waals surface area (Å²) in [5, 5.41) is 0. The van der Waals surface area contributed by atoms with Crippen LogP contribution >= 0.6 is 0 Å². The molecule has 90 valence electrons. The molecule has 2 aliphatic rings. The van der Waals surface area contributed by atoms with E-state index in [1.165, 1.54) is 0 Å². The van der Waals surface area contributed by atoms with Crippen LogP contribution in [0, 0.1) is 0 Å². The maximum atomic E-state index is 5.31. The van der Waals surface area contributed by atoms with E-state index in [2.05, 4.69) is 28.7 Å². The first-order valence-electron chi connectivity index (χ1n) is 5.88. The van der Waals surface area contributed by atoms with Gasteiger partial charge in [-0.2, -0.15) is 0 Å². The molecule has 16 heavy (non-hydrogen) atoms. The van der Waals surface area contributed by atoms with Gasteiger partial charge in [0, 0.05) is 38.1 Å². The zero-order valence-electron chi connectivity index (χ0n) is 9.73. The molecule has 4 heteroatoms. The molecule has 0 radical (unpaired) electrons. The molecule has 2 fully saturated rings. The van der Waals surface area contributed by atoms with Crippen LogP contribution in [0.25, 0.3) is 0 Å². The third kappa shape index (κ3) is 3.25. The lowest BCUT2D eigenvalue weighted by Crippen LogP contribution is -2.35. The fraction of sp³-hybridized carbons (Fsp3) is 0.667. The first-order chi connectivity index (χ1) is 7.86. The van der Waals surface area contributed by atoms with Gasteiger partial charge in [-0.15, -0.1) is 0 Å². The topological polar surface area (TPSA) is 24.9 Å². The average Bonchev–Trinajstić information content (AvgIpc) is 2.38. The van der Waals surface area contributed by atoms with Crippen LogP contribution in [0.2, 0.25) is 0 Å². The van der Waals surface area contributed by atoms with E-state index in [1.54, 1.807) is 0 Å². The molecule has 2 saturated heterocycles. The second-order valence-corrected chi connectivity index (χ2v) is 4.05. The Morgan fingerprint density at radius 3 is 2.12 bits per heavy atom. The summed E-state index contributed by atoms with van der Waals surface area (Å²) in [4.78, 5) is 4.54. The molecule has 0 aromatic rings. The van der Waals surface area contributed by atoms with Crippen molar-refractivity contribution in [1.29, 1.82) is 0 Å². The first kappa shape index (κ1) is 11.5. The Labute approximate surface area is 97.1 Å². The Bertz CT molecular complexity index is 254. The van der Waals surface area contributed by atoms with Gasteiger partial charge in [-0.25, -0.2) is 0 Å². The Kier molecular flexibility index (Phi) is 4.25. The molecule has 0 unspecified atom stereocenters. The monoisotopic (exact) mass is 224 g/mol. The summed E-state index contributed by atoms with van der Waals surface area (Å²) in [7, 11) is 0. The number of morpholine rings is 2. The minimum Gasteiger partial charge on any atom is -0.378 e. The van der Waals surface area contributed by atoms with Gasteiger partial charge in [0.1, 0.15) is 0 Å². The van der Waals surface area contributed by atoms with E-state index in [1.807, 2.05) is 0 Å². The summed E-state index contributed by atoms with van der Waals surface area (Å²) in [6, 6.07) is 0. The predicted octanol–water partition coefficient (Wildman–Crippen LogP) is 0.678. The van der Waals surface area contributed by atoms with Gasteiger partial charge in [0.25, 0.3) is 0 Å². The van der Waals surface area contributed by atoms with Gasteiger partial charge in [-0.1, -0.05) is 6.58 Å². The zero-order valence-corrected chi connectivity index (χ0v) is 9.73. The zero-order chi connectivity index (χ0) is 11.2. The maximum Gasteiger partial charge on any atom is 0.0642 e. The fourth-order valence-corrected chi connectivity index (χ4v) is 1.87. The molecule has 0 aromatic carbocycles. The van der Waals surface area contributed by atoms with Crippen molar-refractivity contribution < 1.29 is 9.47 Å². The molecule has 4 nitrogen and oxygen atoms in total. The molecule has 0 amide bonds. The fourth-order valence-electron chi connectivity index (χ4n) is 1.87. The normalized spacial score (nSPS) is 22.8. The number of allylic oxidation sites excluding steroid dienone is 1. The summed E-state index contributed by atoms with van der Waals surface area (Å²) < 4.78 is 10.6. The van der Waals surface area contributed by atoms with Crippen LogP contribution in [-0.2, 0) is 9.47 Å². The van der Waals surface area contributed by atoms with Crippen LogP contribution in [-0.4, -0.2) is 62.4 Å². The quantitative estimate of drug-likeness (QED) is 0.658. The third-order valence-corrected chi connectivity index (χ3v) is 2.94. The van der Waals surface area contributed by atoms with Crippen LogP contribution in [0.5, 0.6) is 0 Å². The number of rotatable bonds is 3. The van der Waals surface area contributed by atoms with Crippen LogP contribution < -0.4 is 0 Å². The maximum absolute atomic E-state index is 5.31. The molecule has 0 spiro atoms. The highest BCUT2D eigenvalue weighted by molar-refractivity contribution is 5.13. The first-order valence-corrected chi connectivity index (χ1v) is 5.88. The lowest BCUT2D eigenvalue weighted by Gasteiger charge is -2.30. The Hall–Kier alpha value is -1.00. The van der Waals surface area contributed by atoms with Crippen molar-refractivity contribution in [1.82, 2.24) is 9.80 Å². The molecule has 2 aliphatic heterocycles. The summed E-state index contributed by atoms with van der Waals surface area (Å²) in [5.41, 5.74) is 1.08. The summed E-state index contributed by atoms with van der Waals surface area (Å²) in [6.07, 6.45) is 4.22. The van der Waals surface area contributed by atoms with Crippen molar-refractivity contribution in [3.63, 3.8) is 0 Å². The summed E-state index contributed by atoms with van der Waals surface area (Å²) in [6.45, 7) is 11.2. The molecule has 2 heterocycles. The van der Waals surface area contributed by atoms with Gasteiger partial charge < -0.3 is 19.3 Å². The van der Waals surface area contributed by atoms with E-state index in [4.69, 9.17) is 9.47 Å². The van der Waals surface area contributed by atoms with Crippen molar-refractivity contribution in [3.05, 3.63) is 24.6 Å². The van der Waals surface area contributed by atoms with E-state index in [0.29, 0.717) is 0 Å². The summed E-state index contributed by atoms with van der Waals surface area (Å²) in [5.74, 6) is 0. The van der Waals surface area contributed by atoms with Crippen molar-refractivity contribution in [2.24, 2.45) is 0 Å². The van der Waals surface area contributed by atoms with Crippen molar-refractivity contribution >= 4 is 0 Å². The highest BCUT2D eigenvalue weighted by atomic mass is 16.5. The molecule has 0 saturated carbocycles. The van der Waals surface area contributed by atoms with E-state index in [0.717, 1.165) is 58.3 Å². The van der Waals surface area contributed by atoms with Crippen LogP contribution in [0.3, 0.4) is 0 Å². The molecular weight excluding hydrogens is 204 g/mol. The average molecular weight is 224 g/mol.